The van der Waals surface area contributed by atoms with Gasteiger partial charge >= 0.3 is 0 Å². The lowest BCUT2D eigenvalue weighted by Gasteiger charge is -2.25. The zero-order valence-electron chi connectivity index (χ0n) is 17.6. The maximum absolute atomic E-state index is 11.1. The van der Waals surface area contributed by atoms with E-state index in [9.17, 15) is 5.11 Å². The molecule has 0 aliphatic heterocycles. The van der Waals surface area contributed by atoms with Gasteiger partial charge in [0.2, 0.25) is 5.95 Å². The van der Waals surface area contributed by atoms with Crippen LogP contribution in [0, 0.1) is 0 Å². The van der Waals surface area contributed by atoms with E-state index in [1.165, 1.54) is 10.8 Å². The minimum absolute atomic E-state index is 0.248. The van der Waals surface area contributed by atoms with Gasteiger partial charge in [0.15, 0.2) is 0 Å². The Morgan fingerprint density at radius 2 is 1.56 bits per heavy atom. The highest BCUT2D eigenvalue weighted by molar-refractivity contribution is 6.07. The number of furan rings is 1. The molecule has 1 atom stereocenters. The summed E-state index contributed by atoms with van der Waals surface area (Å²) in [4.78, 5) is 10.3. The monoisotopic (exact) mass is 427 g/mol. The van der Waals surface area contributed by atoms with Crippen LogP contribution >= 0.6 is 0 Å². The summed E-state index contributed by atoms with van der Waals surface area (Å²) < 4.78 is 7.74. The van der Waals surface area contributed by atoms with Crippen LogP contribution < -0.4 is 5.73 Å². The van der Waals surface area contributed by atoms with Crippen LogP contribution in [0.1, 0.15) is 11.3 Å². The third-order valence-corrected chi connectivity index (χ3v) is 5.63. The van der Waals surface area contributed by atoms with Gasteiger partial charge in [-0.1, -0.05) is 36.4 Å². The van der Waals surface area contributed by atoms with E-state index in [0.29, 0.717) is 26.2 Å². The maximum atomic E-state index is 11.1. The van der Waals surface area contributed by atoms with Gasteiger partial charge in [-0.25, -0.2) is 9.97 Å². The minimum atomic E-state index is -0.584. The molecule has 3 heterocycles. The molecule has 0 spiro atoms. The van der Waals surface area contributed by atoms with E-state index in [2.05, 4.69) is 55.8 Å². The molecule has 5 rings (SSSR count). The van der Waals surface area contributed by atoms with Gasteiger partial charge in [-0.05, 0) is 24.3 Å². The Balaban J connectivity index is 1.39. The summed E-state index contributed by atoms with van der Waals surface area (Å²) in [5, 5.41) is 13.5. The van der Waals surface area contributed by atoms with Crippen molar-refractivity contribution in [3.8, 4) is 0 Å². The molecule has 0 fully saturated rings. The largest absolute Gasteiger partial charge is 0.468 e. The molecule has 7 heteroatoms. The van der Waals surface area contributed by atoms with Gasteiger partial charge in [0, 0.05) is 52.9 Å². The van der Waals surface area contributed by atoms with Crippen LogP contribution in [0.4, 0.5) is 5.95 Å². The van der Waals surface area contributed by atoms with E-state index >= 15 is 0 Å². The molecule has 0 bridgehead atoms. The highest BCUT2D eigenvalue weighted by Crippen LogP contribution is 2.29. The van der Waals surface area contributed by atoms with Crippen LogP contribution in [-0.4, -0.2) is 37.2 Å². The third-order valence-electron chi connectivity index (χ3n) is 5.63. The number of hydrogen-bond donors (Lipinski definition) is 2. The number of aliphatic hydroxyl groups is 1. The van der Waals surface area contributed by atoms with Crippen molar-refractivity contribution >= 4 is 27.8 Å². The van der Waals surface area contributed by atoms with Crippen LogP contribution in [0.3, 0.4) is 0 Å². The molecular weight excluding hydrogens is 402 g/mol. The van der Waals surface area contributed by atoms with Crippen molar-refractivity contribution in [3.63, 3.8) is 0 Å². The van der Waals surface area contributed by atoms with Gasteiger partial charge in [0.25, 0.3) is 0 Å². The average Bonchev–Trinajstić information content (AvgIpc) is 3.42. The lowest BCUT2D eigenvalue weighted by Crippen LogP contribution is -2.34. The van der Waals surface area contributed by atoms with Gasteiger partial charge in [0.05, 0.1) is 25.5 Å². The smallest absolute Gasteiger partial charge is 0.219 e. The molecule has 0 amide bonds. The number of benzene rings is 2. The molecule has 2 aromatic carbocycles. The Hall–Kier alpha value is -3.68. The first-order valence-corrected chi connectivity index (χ1v) is 10.6. The number of nitrogens with two attached hydrogens (primary N) is 1. The van der Waals surface area contributed by atoms with E-state index < -0.39 is 6.10 Å². The summed E-state index contributed by atoms with van der Waals surface area (Å²) in [6.07, 6.45) is 4.51. The molecule has 0 aliphatic rings. The van der Waals surface area contributed by atoms with E-state index in [1.807, 2.05) is 24.3 Å². The Morgan fingerprint density at radius 3 is 2.19 bits per heavy atom. The number of nitrogens with zero attached hydrogens (tertiary/aromatic N) is 4. The fourth-order valence-corrected chi connectivity index (χ4v) is 4.28. The van der Waals surface area contributed by atoms with Crippen LogP contribution in [0.5, 0.6) is 0 Å². The van der Waals surface area contributed by atoms with Crippen molar-refractivity contribution in [3.05, 3.63) is 90.6 Å². The first kappa shape index (κ1) is 20.2. The highest BCUT2D eigenvalue weighted by atomic mass is 16.3. The molecule has 0 saturated carbocycles. The SMILES string of the molecule is Nc1ncc(CN(Cc2ccco2)C[C@H](O)Cn2c3ccccc3c3ccccc32)cn1. The van der Waals surface area contributed by atoms with Gasteiger partial charge in [-0.3, -0.25) is 4.90 Å². The van der Waals surface area contributed by atoms with Gasteiger partial charge in [0.1, 0.15) is 5.76 Å². The first-order chi connectivity index (χ1) is 15.7. The number of fused-ring (bicyclic) bond motifs is 3. The minimum Gasteiger partial charge on any atom is -0.468 e. The van der Waals surface area contributed by atoms with E-state index in [1.54, 1.807) is 18.7 Å². The predicted octanol–water partition coefficient (Wildman–Crippen LogP) is 3.82. The summed E-state index contributed by atoms with van der Waals surface area (Å²) >= 11 is 0. The summed E-state index contributed by atoms with van der Waals surface area (Å²) in [5.41, 5.74) is 8.79. The van der Waals surface area contributed by atoms with Gasteiger partial charge in [-0.2, -0.15) is 0 Å². The second-order valence-electron chi connectivity index (χ2n) is 8.00. The molecule has 162 valence electrons. The molecular formula is C25H25N5O2. The zero-order valence-corrected chi connectivity index (χ0v) is 17.6. The van der Waals surface area contributed by atoms with Crippen LogP contribution in [0.25, 0.3) is 21.8 Å². The second-order valence-corrected chi connectivity index (χ2v) is 8.00. The second kappa shape index (κ2) is 8.82. The molecule has 32 heavy (non-hydrogen) atoms. The van der Waals surface area contributed by atoms with Crippen molar-refractivity contribution in [1.82, 2.24) is 19.4 Å². The lowest BCUT2D eigenvalue weighted by atomic mass is 10.2. The molecule has 0 radical (unpaired) electrons. The number of aliphatic hydroxyl groups excluding tert-OH is 1. The molecule has 3 N–H and O–H groups in total. The van der Waals surface area contributed by atoms with Crippen LogP contribution in [0.15, 0.2) is 83.7 Å². The zero-order chi connectivity index (χ0) is 21.9. The molecule has 0 saturated heterocycles. The summed E-state index contributed by atoms with van der Waals surface area (Å²) in [6.45, 7) is 2.10. The predicted molar refractivity (Wildman–Crippen MR) is 125 cm³/mol. The maximum Gasteiger partial charge on any atom is 0.219 e. The lowest BCUT2D eigenvalue weighted by molar-refractivity contribution is 0.0888. The fraction of sp³-hybridized carbons (Fsp3) is 0.200. The number of nitrogen functional groups attached to an aromatic ring is 1. The average molecular weight is 428 g/mol. The Kier molecular flexibility index (Phi) is 5.58. The topological polar surface area (TPSA) is 93.3 Å². The Morgan fingerprint density at radius 1 is 0.906 bits per heavy atom. The van der Waals surface area contributed by atoms with E-state index in [-0.39, 0.29) is 5.95 Å². The molecule has 0 aliphatic carbocycles. The number of hydrogen-bond acceptors (Lipinski definition) is 6. The molecule has 3 aromatic heterocycles. The van der Waals surface area contributed by atoms with E-state index in [4.69, 9.17) is 10.2 Å². The standard InChI is InChI=1S/C25H25N5O2/c26-25-27-12-18(13-28-25)14-29(17-20-6-5-11-32-20)15-19(31)16-30-23-9-3-1-7-21(23)22-8-2-4-10-24(22)30/h1-13,19,31H,14-17H2,(H2,26,27,28)/t19-/m0/s1. The molecule has 7 nitrogen and oxygen atoms in total. The normalized spacial score (nSPS) is 12.7. The summed E-state index contributed by atoms with van der Waals surface area (Å²) in [6, 6.07) is 20.5. The molecule has 5 aromatic rings. The van der Waals surface area contributed by atoms with Crippen molar-refractivity contribution in [2.45, 2.75) is 25.7 Å². The van der Waals surface area contributed by atoms with Crippen LogP contribution in [0.2, 0.25) is 0 Å². The van der Waals surface area contributed by atoms with Crippen molar-refractivity contribution < 1.29 is 9.52 Å². The van der Waals surface area contributed by atoms with E-state index in [0.717, 1.165) is 22.4 Å². The molecule has 0 unspecified atom stereocenters. The van der Waals surface area contributed by atoms with Crippen LogP contribution in [-0.2, 0) is 19.6 Å². The fourth-order valence-electron chi connectivity index (χ4n) is 4.28. The van der Waals surface area contributed by atoms with Crippen molar-refractivity contribution in [2.24, 2.45) is 0 Å². The summed E-state index contributed by atoms with van der Waals surface area (Å²) in [7, 11) is 0. The van der Waals surface area contributed by atoms with Gasteiger partial charge < -0.3 is 19.8 Å². The quantitative estimate of drug-likeness (QED) is 0.391. The van der Waals surface area contributed by atoms with Crippen molar-refractivity contribution in [1.29, 1.82) is 0 Å². The highest BCUT2D eigenvalue weighted by Gasteiger charge is 2.18. The number of para-hydroxylation sites is 2. The number of anilines is 1. The number of rotatable bonds is 8. The number of aromatic nitrogens is 3. The Labute approximate surface area is 185 Å². The summed E-state index contributed by atoms with van der Waals surface area (Å²) in [5.74, 6) is 1.09. The van der Waals surface area contributed by atoms with Gasteiger partial charge in [-0.15, -0.1) is 0 Å². The first-order valence-electron chi connectivity index (χ1n) is 10.6. The Bertz CT molecular complexity index is 1260. The third kappa shape index (κ3) is 4.21. The van der Waals surface area contributed by atoms with Crippen molar-refractivity contribution in [2.75, 3.05) is 12.3 Å².